The predicted molar refractivity (Wildman–Crippen MR) is 122 cm³/mol. The molecule has 0 fully saturated rings. The first kappa shape index (κ1) is 18.1. The highest BCUT2D eigenvalue weighted by Gasteiger charge is 2.13. The van der Waals surface area contributed by atoms with Crippen LogP contribution in [-0.2, 0) is 6.42 Å². The monoisotopic (exact) mass is 392 g/mol. The van der Waals surface area contributed by atoms with E-state index in [0.717, 1.165) is 28.3 Å². The van der Waals surface area contributed by atoms with Gasteiger partial charge >= 0.3 is 0 Å². The largest absolute Gasteiger partial charge is 0.355 e. The lowest BCUT2D eigenvalue weighted by Gasteiger charge is -2.10. The van der Waals surface area contributed by atoms with Crippen LogP contribution >= 0.6 is 0 Å². The number of anilines is 1. The minimum absolute atomic E-state index is 0.196. The molecule has 2 N–H and O–H groups in total. The number of rotatable bonds is 5. The molecule has 0 aliphatic rings. The summed E-state index contributed by atoms with van der Waals surface area (Å²) in [5.74, 6) is 0.436. The maximum absolute atomic E-state index is 13.0. The molecule has 5 rings (SSSR count). The molecule has 30 heavy (non-hydrogen) atoms. The number of pyridine rings is 1. The molecule has 2 aromatic heterocycles. The normalized spacial score (nSPS) is 11.1. The fourth-order valence-electron chi connectivity index (χ4n) is 3.80. The molecule has 5 nitrogen and oxygen atoms in total. The molecule has 5 heteroatoms. The van der Waals surface area contributed by atoms with Crippen LogP contribution < -0.4 is 10.9 Å². The Labute approximate surface area is 173 Å². The van der Waals surface area contributed by atoms with E-state index in [2.05, 4.69) is 50.6 Å². The van der Waals surface area contributed by atoms with Crippen LogP contribution in [0.1, 0.15) is 5.56 Å². The van der Waals surface area contributed by atoms with Gasteiger partial charge < -0.3 is 5.32 Å². The fraction of sp³-hybridized carbons (Fsp3) is 0.0800. The van der Waals surface area contributed by atoms with Crippen LogP contribution in [0.4, 0.5) is 5.95 Å². The molecular weight excluding hydrogens is 372 g/mol. The molecule has 0 unspecified atom stereocenters. The molecule has 0 aliphatic carbocycles. The number of nitrogens with zero attached hydrogens (tertiary/aromatic N) is 2. The average Bonchev–Trinajstić information content (AvgIpc) is 2.79. The zero-order chi connectivity index (χ0) is 20.3. The van der Waals surface area contributed by atoms with Crippen molar-refractivity contribution in [2.75, 3.05) is 11.9 Å². The second kappa shape index (κ2) is 7.79. The summed E-state index contributed by atoms with van der Waals surface area (Å²) in [5.41, 5.74) is 3.30. The van der Waals surface area contributed by atoms with Gasteiger partial charge in [0.25, 0.3) is 5.56 Å². The summed E-state index contributed by atoms with van der Waals surface area (Å²) in [7, 11) is 0. The number of nitrogens with one attached hydrogen (secondary N) is 2. The standard InChI is InChI=1S/C25H20N4O/c30-24-22-21(20-12-6-10-18-9-4-5-11-19(18)20)14-16-26-23(22)28-25(29-24)27-15-13-17-7-2-1-3-8-17/h1-12,14,16H,13,15H2,(H2,26,27,28,29,30). The maximum atomic E-state index is 13.0. The number of benzene rings is 3. The van der Waals surface area contributed by atoms with E-state index in [-0.39, 0.29) is 5.56 Å². The average molecular weight is 392 g/mol. The Morgan fingerprint density at radius 1 is 0.833 bits per heavy atom. The molecule has 146 valence electrons. The lowest BCUT2D eigenvalue weighted by atomic mass is 9.97. The first-order valence-corrected chi connectivity index (χ1v) is 9.94. The van der Waals surface area contributed by atoms with Crippen LogP contribution in [0.25, 0.3) is 32.9 Å². The van der Waals surface area contributed by atoms with E-state index in [4.69, 9.17) is 0 Å². The number of hydrogen-bond acceptors (Lipinski definition) is 4. The van der Waals surface area contributed by atoms with Gasteiger partial charge in [-0.15, -0.1) is 0 Å². The van der Waals surface area contributed by atoms with E-state index in [9.17, 15) is 4.79 Å². The molecule has 0 bridgehead atoms. The minimum atomic E-state index is -0.196. The topological polar surface area (TPSA) is 70.7 Å². The number of aromatic nitrogens is 3. The Hall–Kier alpha value is -3.99. The molecule has 2 heterocycles. The Kier molecular flexibility index (Phi) is 4.69. The van der Waals surface area contributed by atoms with E-state index in [0.29, 0.717) is 23.5 Å². The summed E-state index contributed by atoms with van der Waals surface area (Å²) >= 11 is 0. The highest BCUT2D eigenvalue weighted by Crippen LogP contribution is 2.31. The molecule has 0 radical (unpaired) electrons. The van der Waals surface area contributed by atoms with Crippen molar-refractivity contribution < 1.29 is 0 Å². The van der Waals surface area contributed by atoms with Crippen molar-refractivity contribution >= 4 is 27.8 Å². The van der Waals surface area contributed by atoms with Gasteiger partial charge in [-0.05, 0) is 34.4 Å². The van der Waals surface area contributed by atoms with Crippen molar-refractivity contribution in [3.63, 3.8) is 0 Å². The van der Waals surface area contributed by atoms with E-state index >= 15 is 0 Å². The van der Waals surface area contributed by atoms with Crippen LogP contribution in [0.3, 0.4) is 0 Å². The van der Waals surface area contributed by atoms with Gasteiger partial charge in [0.1, 0.15) is 0 Å². The summed E-state index contributed by atoms with van der Waals surface area (Å²) in [6, 6.07) is 26.3. The Balaban J connectivity index is 1.52. The van der Waals surface area contributed by atoms with Crippen LogP contribution in [0.15, 0.2) is 89.9 Å². The van der Waals surface area contributed by atoms with Gasteiger partial charge in [0.2, 0.25) is 5.95 Å². The van der Waals surface area contributed by atoms with E-state index in [1.807, 2.05) is 48.5 Å². The third-order valence-electron chi connectivity index (χ3n) is 5.24. The van der Waals surface area contributed by atoms with E-state index in [1.54, 1.807) is 6.20 Å². The first-order chi connectivity index (χ1) is 14.8. The molecular formula is C25H20N4O. The van der Waals surface area contributed by atoms with E-state index in [1.165, 1.54) is 5.56 Å². The van der Waals surface area contributed by atoms with Crippen molar-refractivity contribution in [2.24, 2.45) is 0 Å². The predicted octanol–water partition coefficient (Wildman–Crippen LogP) is 4.79. The third-order valence-corrected chi connectivity index (χ3v) is 5.24. The van der Waals surface area contributed by atoms with Crippen LogP contribution in [0, 0.1) is 0 Å². The molecule has 0 aliphatic heterocycles. The van der Waals surface area contributed by atoms with Crippen LogP contribution in [-0.4, -0.2) is 21.5 Å². The molecule has 0 amide bonds. The zero-order valence-corrected chi connectivity index (χ0v) is 16.3. The van der Waals surface area contributed by atoms with Crippen molar-refractivity contribution in [2.45, 2.75) is 6.42 Å². The van der Waals surface area contributed by atoms with Gasteiger partial charge in [0.05, 0.1) is 5.39 Å². The second-order valence-corrected chi connectivity index (χ2v) is 7.16. The number of hydrogen-bond donors (Lipinski definition) is 2. The molecule has 3 aromatic carbocycles. The van der Waals surface area contributed by atoms with Gasteiger partial charge in [-0.3, -0.25) is 9.78 Å². The second-order valence-electron chi connectivity index (χ2n) is 7.16. The van der Waals surface area contributed by atoms with Gasteiger partial charge in [0, 0.05) is 18.3 Å². The van der Waals surface area contributed by atoms with Gasteiger partial charge in [-0.25, -0.2) is 4.98 Å². The van der Waals surface area contributed by atoms with Crippen LogP contribution in [0.2, 0.25) is 0 Å². The summed E-state index contributed by atoms with van der Waals surface area (Å²) < 4.78 is 0. The molecule has 0 saturated heterocycles. The zero-order valence-electron chi connectivity index (χ0n) is 16.3. The van der Waals surface area contributed by atoms with Gasteiger partial charge in [-0.1, -0.05) is 72.8 Å². The Bertz CT molecular complexity index is 1390. The van der Waals surface area contributed by atoms with Crippen molar-refractivity contribution in [1.82, 2.24) is 15.0 Å². The minimum Gasteiger partial charge on any atom is -0.355 e. The van der Waals surface area contributed by atoms with Gasteiger partial charge in [0.15, 0.2) is 5.65 Å². The molecule has 5 aromatic rings. The summed E-state index contributed by atoms with van der Waals surface area (Å²) in [6.45, 7) is 0.668. The maximum Gasteiger partial charge on any atom is 0.262 e. The van der Waals surface area contributed by atoms with Gasteiger partial charge in [-0.2, -0.15) is 4.98 Å². The highest BCUT2D eigenvalue weighted by atomic mass is 16.1. The third kappa shape index (κ3) is 3.42. The van der Waals surface area contributed by atoms with Crippen molar-refractivity contribution in [3.8, 4) is 11.1 Å². The Morgan fingerprint density at radius 3 is 2.53 bits per heavy atom. The summed E-state index contributed by atoms with van der Waals surface area (Å²) in [6.07, 6.45) is 2.55. The first-order valence-electron chi connectivity index (χ1n) is 9.94. The number of fused-ring (bicyclic) bond motifs is 2. The lowest BCUT2D eigenvalue weighted by Crippen LogP contribution is -2.16. The molecule has 0 spiro atoms. The summed E-state index contributed by atoms with van der Waals surface area (Å²) in [4.78, 5) is 24.8. The highest BCUT2D eigenvalue weighted by molar-refractivity contribution is 6.03. The van der Waals surface area contributed by atoms with Crippen LogP contribution in [0.5, 0.6) is 0 Å². The Morgan fingerprint density at radius 2 is 1.63 bits per heavy atom. The van der Waals surface area contributed by atoms with E-state index < -0.39 is 0 Å². The summed E-state index contributed by atoms with van der Waals surface area (Å²) in [5, 5.41) is 5.93. The SMILES string of the molecule is O=c1[nH]c(NCCc2ccccc2)nc2nccc(-c3cccc4ccccc34)c12. The smallest absolute Gasteiger partial charge is 0.262 e. The molecule has 0 saturated carbocycles. The fourth-order valence-corrected chi connectivity index (χ4v) is 3.80. The number of H-pyrrole nitrogens is 1. The lowest BCUT2D eigenvalue weighted by molar-refractivity contribution is 0.982. The van der Waals surface area contributed by atoms with Crippen molar-refractivity contribution in [1.29, 1.82) is 0 Å². The number of aromatic amines is 1. The van der Waals surface area contributed by atoms with Crippen molar-refractivity contribution in [3.05, 3.63) is 101 Å². The molecule has 0 atom stereocenters. The quantitative estimate of drug-likeness (QED) is 0.451.